The van der Waals surface area contributed by atoms with E-state index in [0.717, 1.165) is 11.3 Å². The first-order chi connectivity index (χ1) is 6.77. The molecule has 14 heavy (non-hydrogen) atoms. The molecular formula is C10H16N2O2. The summed E-state index contributed by atoms with van der Waals surface area (Å²) in [7, 11) is 0. The Hall–Kier alpha value is -1.26. The highest BCUT2D eigenvalue weighted by Crippen LogP contribution is 2.18. The number of anilines is 2. The average molecular weight is 196 g/mol. The zero-order valence-electron chi connectivity index (χ0n) is 8.03. The highest BCUT2D eigenvalue weighted by Gasteiger charge is 2.01. The first-order valence-electron chi connectivity index (χ1n) is 4.62. The van der Waals surface area contributed by atoms with Gasteiger partial charge in [0.15, 0.2) is 0 Å². The highest BCUT2D eigenvalue weighted by molar-refractivity contribution is 5.58. The SMILES string of the molecule is Nc1ccc(NCCO)c(CCO)c1. The van der Waals surface area contributed by atoms with Crippen molar-refractivity contribution in [3.05, 3.63) is 23.8 Å². The van der Waals surface area contributed by atoms with E-state index in [2.05, 4.69) is 5.32 Å². The van der Waals surface area contributed by atoms with Crippen LogP contribution in [0.1, 0.15) is 5.56 Å². The van der Waals surface area contributed by atoms with Gasteiger partial charge < -0.3 is 21.3 Å². The van der Waals surface area contributed by atoms with Crippen molar-refractivity contribution in [3.8, 4) is 0 Å². The van der Waals surface area contributed by atoms with E-state index < -0.39 is 0 Å². The molecular weight excluding hydrogens is 180 g/mol. The summed E-state index contributed by atoms with van der Waals surface area (Å²) < 4.78 is 0. The van der Waals surface area contributed by atoms with Crippen LogP contribution in [-0.4, -0.2) is 30.0 Å². The molecule has 0 fully saturated rings. The first-order valence-corrected chi connectivity index (χ1v) is 4.62. The number of nitrogens with one attached hydrogen (secondary N) is 1. The Kier molecular flexibility index (Phi) is 4.22. The van der Waals surface area contributed by atoms with Gasteiger partial charge in [-0.3, -0.25) is 0 Å². The number of aliphatic hydroxyl groups is 2. The number of nitrogens with two attached hydrogens (primary N) is 1. The van der Waals surface area contributed by atoms with Gasteiger partial charge in [0.2, 0.25) is 0 Å². The lowest BCUT2D eigenvalue weighted by atomic mass is 10.1. The smallest absolute Gasteiger partial charge is 0.0604 e. The third-order valence-electron chi connectivity index (χ3n) is 1.94. The summed E-state index contributed by atoms with van der Waals surface area (Å²) in [4.78, 5) is 0. The molecule has 1 rings (SSSR count). The van der Waals surface area contributed by atoms with Crippen LogP contribution >= 0.6 is 0 Å². The summed E-state index contributed by atoms with van der Waals surface area (Å²) in [6.07, 6.45) is 0.568. The number of hydrogen-bond donors (Lipinski definition) is 4. The van der Waals surface area contributed by atoms with E-state index in [9.17, 15) is 0 Å². The Morgan fingerprint density at radius 3 is 2.64 bits per heavy atom. The summed E-state index contributed by atoms with van der Waals surface area (Å²) in [6, 6.07) is 5.48. The lowest BCUT2D eigenvalue weighted by molar-refractivity contribution is 0.299. The minimum atomic E-state index is 0.0863. The summed E-state index contributed by atoms with van der Waals surface area (Å²) in [5, 5.41) is 20.6. The molecule has 1 aromatic rings. The lowest BCUT2D eigenvalue weighted by Crippen LogP contribution is -2.08. The molecule has 0 bridgehead atoms. The van der Waals surface area contributed by atoms with Crippen LogP contribution in [0.5, 0.6) is 0 Å². The van der Waals surface area contributed by atoms with Crippen molar-refractivity contribution in [1.82, 2.24) is 0 Å². The quantitative estimate of drug-likeness (QED) is 0.508. The van der Waals surface area contributed by atoms with Gasteiger partial charge in [0, 0.05) is 24.5 Å². The Labute approximate surface area is 83.4 Å². The number of benzene rings is 1. The van der Waals surface area contributed by atoms with Gasteiger partial charge in [-0.15, -0.1) is 0 Å². The van der Waals surface area contributed by atoms with Gasteiger partial charge >= 0.3 is 0 Å². The van der Waals surface area contributed by atoms with Crippen molar-refractivity contribution in [2.75, 3.05) is 30.8 Å². The second-order valence-electron chi connectivity index (χ2n) is 3.04. The average Bonchev–Trinajstić information content (AvgIpc) is 2.17. The minimum Gasteiger partial charge on any atom is -0.399 e. The molecule has 0 radical (unpaired) electrons. The van der Waals surface area contributed by atoms with Crippen LogP contribution in [0.4, 0.5) is 11.4 Å². The molecule has 0 unspecified atom stereocenters. The molecule has 0 amide bonds. The third kappa shape index (κ3) is 2.90. The maximum absolute atomic E-state index is 8.84. The zero-order valence-corrected chi connectivity index (χ0v) is 8.03. The molecule has 0 saturated carbocycles. The number of aliphatic hydroxyl groups excluding tert-OH is 2. The molecule has 0 aliphatic heterocycles. The van der Waals surface area contributed by atoms with Crippen molar-refractivity contribution < 1.29 is 10.2 Å². The Bertz CT molecular complexity index is 289. The third-order valence-corrected chi connectivity index (χ3v) is 1.94. The predicted octanol–water partition coefficient (Wildman–Crippen LogP) is 0.208. The fourth-order valence-corrected chi connectivity index (χ4v) is 1.30. The molecule has 1 aromatic carbocycles. The van der Waals surface area contributed by atoms with Gasteiger partial charge in [-0.25, -0.2) is 0 Å². The summed E-state index contributed by atoms with van der Waals surface area (Å²) in [5.74, 6) is 0. The number of hydrogen-bond acceptors (Lipinski definition) is 4. The lowest BCUT2D eigenvalue weighted by Gasteiger charge is -2.11. The molecule has 4 heteroatoms. The molecule has 0 saturated heterocycles. The van der Waals surface area contributed by atoms with E-state index in [1.165, 1.54) is 0 Å². The number of rotatable bonds is 5. The van der Waals surface area contributed by atoms with Crippen molar-refractivity contribution in [3.63, 3.8) is 0 Å². The molecule has 0 aromatic heterocycles. The van der Waals surface area contributed by atoms with E-state index in [0.29, 0.717) is 18.7 Å². The molecule has 0 heterocycles. The van der Waals surface area contributed by atoms with Gasteiger partial charge in [0.1, 0.15) is 0 Å². The Morgan fingerprint density at radius 1 is 1.21 bits per heavy atom. The normalized spacial score (nSPS) is 10.1. The van der Waals surface area contributed by atoms with Crippen molar-refractivity contribution in [1.29, 1.82) is 0 Å². The van der Waals surface area contributed by atoms with Crippen LogP contribution in [0.25, 0.3) is 0 Å². The summed E-state index contributed by atoms with van der Waals surface area (Å²) >= 11 is 0. The van der Waals surface area contributed by atoms with Gasteiger partial charge in [0.05, 0.1) is 6.61 Å². The molecule has 0 atom stereocenters. The van der Waals surface area contributed by atoms with E-state index in [-0.39, 0.29) is 13.2 Å². The molecule has 4 nitrogen and oxygen atoms in total. The Balaban J connectivity index is 2.78. The van der Waals surface area contributed by atoms with E-state index >= 15 is 0 Å². The topological polar surface area (TPSA) is 78.5 Å². The largest absolute Gasteiger partial charge is 0.399 e. The maximum Gasteiger partial charge on any atom is 0.0604 e. The maximum atomic E-state index is 8.84. The standard InChI is InChI=1S/C10H16N2O2/c11-9-1-2-10(12-4-6-14)8(7-9)3-5-13/h1-2,7,12-14H,3-6,11H2. The van der Waals surface area contributed by atoms with E-state index in [1.807, 2.05) is 12.1 Å². The fraction of sp³-hybridized carbons (Fsp3) is 0.400. The number of nitrogen functional groups attached to an aromatic ring is 1. The second-order valence-corrected chi connectivity index (χ2v) is 3.04. The van der Waals surface area contributed by atoms with Crippen molar-refractivity contribution in [2.24, 2.45) is 0 Å². The summed E-state index contributed by atoms with van der Waals surface area (Å²) in [6.45, 7) is 0.683. The highest BCUT2D eigenvalue weighted by atomic mass is 16.3. The second kappa shape index (κ2) is 5.47. The molecule has 5 N–H and O–H groups in total. The van der Waals surface area contributed by atoms with E-state index in [1.54, 1.807) is 6.07 Å². The molecule has 0 aliphatic rings. The fourth-order valence-electron chi connectivity index (χ4n) is 1.30. The molecule has 0 spiro atoms. The van der Waals surface area contributed by atoms with Crippen LogP contribution in [0, 0.1) is 0 Å². The van der Waals surface area contributed by atoms with Gasteiger partial charge in [-0.1, -0.05) is 0 Å². The van der Waals surface area contributed by atoms with Crippen LogP contribution in [-0.2, 0) is 6.42 Å². The summed E-state index contributed by atoms with van der Waals surface area (Å²) in [5.41, 5.74) is 8.20. The molecule has 78 valence electrons. The minimum absolute atomic E-state index is 0.0863. The van der Waals surface area contributed by atoms with Crippen LogP contribution < -0.4 is 11.1 Å². The van der Waals surface area contributed by atoms with Gasteiger partial charge in [-0.05, 0) is 30.2 Å². The van der Waals surface area contributed by atoms with Gasteiger partial charge in [0.25, 0.3) is 0 Å². The zero-order chi connectivity index (χ0) is 10.4. The van der Waals surface area contributed by atoms with Crippen LogP contribution in [0.15, 0.2) is 18.2 Å². The Morgan fingerprint density at radius 2 is 2.00 bits per heavy atom. The first kappa shape index (κ1) is 10.8. The van der Waals surface area contributed by atoms with E-state index in [4.69, 9.17) is 15.9 Å². The predicted molar refractivity (Wildman–Crippen MR) is 57.2 cm³/mol. The van der Waals surface area contributed by atoms with Crippen molar-refractivity contribution >= 4 is 11.4 Å². The monoisotopic (exact) mass is 196 g/mol. The van der Waals surface area contributed by atoms with Crippen LogP contribution in [0.2, 0.25) is 0 Å². The van der Waals surface area contributed by atoms with Crippen molar-refractivity contribution in [2.45, 2.75) is 6.42 Å². The van der Waals surface area contributed by atoms with Crippen LogP contribution in [0.3, 0.4) is 0 Å². The van der Waals surface area contributed by atoms with Gasteiger partial charge in [-0.2, -0.15) is 0 Å². The molecule has 0 aliphatic carbocycles.